The molecule has 6 nitrogen and oxygen atoms in total. The monoisotopic (exact) mass is 380 g/mol. The molecule has 3 atom stereocenters. The lowest BCUT2D eigenvalue weighted by Crippen LogP contribution is -2.47. The number of likely N-dealkylation sites (tertiary alicyclic amines) is 1. The molecule has 2 N–H and O–H groups in total. The largest absolute Gasteiger partial charge is 0.391 e. The van der Waals surface area contributed by atoms with E-state index in [2.05, 4.69) is 39.6 Å². The Bertz CT molecular complexity index is 763. The zero-order chi connectivity index (χ0) is 19.3. The number of amides is 1. The summed E-state index contributed by atoms with van der Waals surface area (Å²) in [7, 11) is 0. The van der Waals surface area contributed by atoms with Crippen molar-refractivity contribution in [3.63, 3.8) is 0 Å². The van der Waals surface area contributed by atoms with E-state index in [9.17, 15) is 9.90 Å². The van der Waals surface area contributed by atoms with Gasteiger partial charge in [0.05, 0.1) is 12.1 Å². The highest BCUT2D eigenvalue weighted by Gasteiger charge is 2.36. The molecule has 1 saturated heterocycles. The van der Waals surface area contributed by atoms with Gasteiger partial charge in [-0.25, -0.2) is 9.97 Å². The minimum Gasteiger partial charge on any atom is -0.391 e. The molecule has 1 amide bonds. The number of anilines is 1. The van der Waals surface area contributed by atoms with Crippen molar-refractivity contribution >= 4 is 11.9 Å². The number of aliphatic hydroxyl groups is 1. The van der Waals surface area contributed by atoms with Gasteiger partial charge in [-0.3, -0.25) is 4.79 Å². The van der Waals surface area contributed by atoms with Crippen molar-refractivity contribution in [3.05, 3.63) is 54.4 Å². The maximum absolute atomic E-state index is 13.0. The number of benzene rings is 1. The van der Waals surface area contributed by atoms with Gasteiger partial charge in [0, 0.05) is 31.4 Å². The molecule has 1 aliphatic carbocycles. The van der Waals surface area contributed by atoms with E-state index in [1.54, 1.807) is 18.5 Å². The van der Waals surface area contributed by atoms with Gasteiger partial charge in [-0.1, -0.05) is 30.3 Å². The van der Waals surface area contributed by atoms with Gasteiger partial charge in [0.15, 0.2) is 0 Å². The summed E-state index contributed by atoms with van der Waals surface area (Å²) in [5.74, 6) is 1.19. The topological polar surface area (TPSA) is 78.3 Å². The first-order valence-corrected chi connectivity index (χ1v) is 10.3. The highest BCUT2D eigenvalue weighted by Crippen LogP contribution is 2.32. The molecular formula is C22H28N4O2. The third-order valence-corrected chi connectivity index (χ3v) is 6.12. The van der Waals surface area contributed by atoms with Crippen molar-refractivity contribution < 1.29 is 9.90 Å². The first-order chi connectivity index (χ1) is 13.7. The van der Waals surface area contributed by atoms with Crippen LogP contribution < -0.4 is 5.32 Å². The van der Waals surface area contributed by atoms with Crippen LogP contribution in [0.3, 0.4) is 0 Å². The van der Waals surface area contributed by atoms with Crippen molar-refractivity contribution in [1.82, 2.24) is 14.9 Å². The molecule has 2 heterocycles. The van der Waals surface area contributed by atoms with E-state index in [1.165, 1.54) is 5.56 Å². The van der Waals surface area contributed by atoms with Gasteiger partial charge in [-0.05, 0) is 49.7 Å². The molecule has 6 heteroatoms. The van der Waals surface area contributed by atoms with Crippen molar-refractivity contribution in [3.8, 4) is 0 Å². The zero-order valence-electron chi connectivity index (χ0n) is 16.1. The molecule has 2 fully saturated rings. The summed E-state index contributed by atoms with van der Waals surface area (Å²) >= 11 is 0. The van der Waals surface area contributed by atoms with E-state index in [0.29, 0.717) is 18.3 Å². The van der Waals surface area contributed by atoms with Crippen LogP contribution in [0.4, 0.5) is 5.95 Å². The molecule has 2 aliphatic rings. The van der Waals surface area contributed by atoms with E-state index in [0.717, 1.165) is 38.8 Å². The minimum absolute atomic E-state index is 0.0852. The van der Waals surface area contributed by atoms with Crippen LogP contribution in [-0.4, -0.2) is 51.1 Å². The molecule has 2 aromatic rings. The Balaban J connectivity index is 1.28. The SMILES string of the molecule is O=C([C@H]1CC[C@H](Nc2ncccn2)[C@@H](O)C1)N1CCC(c2ccccc2)CC1. The van der Waals surface area contributed by atoms with Crippen molar-refractivity contribution in [2.75, 3.05) is 18.4 Å². The normalized spacial score (nSPS) is 26.0. The second kappa shape index (κ2) is 8.69. The molecule has 1 aliphatic heterocycles. The Hall–Kier alpha value is -2.47. The molecule has 1 saturated carbocycles. The predicted molar refractivity (Wildman–Crippen MR) is 108 cm³/mol. The second-order valence-corrected chi connectivity index (χ2v) is 7.91. The number of carbonyl (C=O) groups excluding carboxylic acids is 1. The lowest BCUT2D eigenvalue weighted by molar-refractivity contribution is -0.139. The molecule has 148 valence electrons. The zero-order valence-corrected chi connectivity index (χ0v) is 16.1. The Labute approximate surface area is 166 Å². The van der Waals surface area contributed by atoms with E-state index in [4.69, 9.17) is 0 Å². The Morgan fingerprint density at radius 3 is 2.39 bits per heavy atom. The fraction of sp³-hybridized carbons (Fsp3) is 0.500. The van der Waals surface area contributed by atoms with Crippen LogP contribution in [0.1, 0.15) is 43.6 Å². The Kier molecular flexibility index (Phi) is 5.86. The number of hydrogen-bond donors (Lipinski definition) is 2. The van der Waals surface area contributed by atoms with Gasteiger partial charge in [-0.2, -0.15) is 0 Å². The summed E-state index contributed by atoms with van der Waals surface area (Å²) in [4.78, 5) is 23.3. The van der Waals surface area contributed by atoms with Gasteiger partial charge in [0.25, 0.3) is 0 Å². The third kappa shape index (κ3) is 4.33. The number of nitrogens with one attached hydrogen (secondary N) is 1. The number of piperidine rings is 1. The third-order valence-electron chi connectivity index (χ3n) is 6.12. The molecule has 0 bridgehead atoms. The molecule has 28 heavy (non-hydrogen) atoms. The quantitative estimate of drug-likeness (QED) is 0.853. The number of aromatic nitrogens is 2. The van der Waals surface area contributed by atoms with Gasteiger partial charge in [0.1, 0.15) is 0 Å². The second-order valence-electron chi connectivity index (χ2n) is 7.91. The average Bonchev–Trinajstić information content (AvgIpc) is 2.76. The fourth-order valence-electron chi connectivity index (χ4n) is 4.50. The van der Waals surface area contributed by atoms with Crippen molar-refractivity contribution in [2.45, 2.75) is 50.2 Å². The van der Waals surface area contributed by atoms with E-state index in [1.807, 2.05) is 11.0 Å². The van der Waals surface area contributed by atoms with Crippen LogP contribution in [0, 0.1) is 5.92 Å². The van der Waals surface area contributed by atoms with Gasteiger partial charge in [0.2, 0.25) is 11.9 Å². The lowest BCUT2D eigenvalue weighted by Gasteiger charge is -2.38. The van der Waals surface area contributed by atoms with Gasteiger partial charge >= 0.3 is 0 Å². The number of rotatable bonds is 4. The highest BCUT2D eigenvalue weighted by molar-refractivity contribution is 5.79. The van der Waals surface area contributed by atoms with Gasteiger partial charge in [-0.15, -0.1) is 0 Å². The summed E-state index contributed by atoms with van der Waals surface area (Å²) in [6.07, 6.45) is 6.86. The van der Waals surface area contributed by atoms with E-state index in [-0.39, 0.29) is 17.9 Å². The number of hydrogen-bond acceptors (Lipinski definition) is 5. The summed E-state index contributed by atoms with van der Waals surface area (Å²) < 4.78 is 0. The van der Waals surface area contributed by atoms with Crippen LogP contribution in [0.15, 0.2) is 48.8 Å². The summed E-state index contributed by atoms with van der Waals surface area (Å²) in [6.45, 7) is 1.62. The summed E-state index contributed by atoms with van der Waals surface area (Å²) in [5, 5.41) is 13.7. The van der Waals surface area contributed by atoms with Crippen LogP contribution in [0.2, 0.25) is 0 Å². The van der Waals surface area contributed by atoms with Crippen LogP contribution in [0.5, 0.6) is 0 Å². The molecule has 0 radical (unpaired) electrons. The van der Waals surface area contributed by atoms with Crippen molar-refractivity contribution in [2.24, 2.45) is 5.92 Å². The highest BCUT2D eigenvalue weighted by atomic mass is 16.3. The summed E-state index contributed by atoms with van der Waals surface area (Å²) in [6, 6.07) is 12.2. The van der Waals surface area contributed by atoms with Crippen LogP contribution in [-0.2, 0) is 4.79 Å². The maximum Gasteiger partial charge on any atom is 0.225 e. The molecule has 1 aromatic carbocycles. The van der Waals surface area contributed by atoms with Crippen LogP contribution >= 0.6 is 0 Å². The number of nitrogens with zero attached hydrogens (tertiary/aromatic N) is 3. The minimum atomic E-state index is -0.562. The van der Waals surface area contributed by atoms with Gasteiger partial charge < -0.3 is 15.3 Å². The summed E-state index contributed by atoms with van der Waals surface area (Å²) in [5.41, 5.74) is 1.37. The molecule has 0 unspecified atom stereocenters. The molecule has 1 aromatic heterocycles. The fourth-order valence-corrected chi connectivity index (χ4v) is 4.50. The standard InChI is InChI=1S/C22H28N4O2/c27-20-15-18(7-8-19(20)25-22-23-11-4-12-24-22)21(28)26-13-9-17(10-14-26)16-5-2-1-3-6-16/h1-6,11-12,17-20,27H,7-10,13-15H2,(H,23,24,25)/t18-,19-,20-/m0/s1. The lowest BCUT2D eigenvalue weighted by atomic mass is 9.82. The van der Waals surface area contributed by atoms with E-state index >= 15 is 0 Å². The maximum atomic E-state index is 13.0. The number of carbonyl (C=O) groups is 1. The average molecular weight is 380 g/mol. The Morgan fingerprint density at radius 2 is 1.71 bits per heavy atom. The van der Waals surface area contributed by atoms with Crippen molar-refractivity contribution in [1.29, 1.82) is 0 Å². The number of aliphatic hydroxyl groups excluding tert-OH is 1. The van der Waals surface area contributed by atoms with E-state index < -0.39 is 6.10 Å². The molecule has 4 rings (SSSR count). The predicted octanol–water partition coefficient (Wildman–Crippen LogP) is 2.82. The smallest absolute Gasteiger partial charge is 0.225 e. The Morgan fingerprint density at radius 1 is 1.00 bits per heavy atom. The molecule has 0 spiro atoms. The van der Waals surface area contributed by atoms with Crippen LogP contribution in [0.25, 0.3) is 0 Å². The first-order valence-electron chi connectivity index (χ1n) is 10.3. The molecular weight excluding hydrogens is 352 g/mol. The first kappa shape index (κ1) is 18.9.